The van der Waals surface area contributed by atoms with Gasteiger partial charge in [-0.25, -0.2) is 0 Å². The maximum absolute atomic E-state index is 13.7. The van der Waals surface area contributed by atoms with Gasteiger partial charge in [-0.2, -0.15) is 0 Å². The SMILES string of the molecule is COc1cc2c(cc1OCC(N)CC(=O)N1C[C@@H](CCl)c3c1cc(O)c1ccccc31)N=C[C@@H]1Cc3ccccc3CN1C2=O. The maximum Gasteiger partial charge on any atom is 0.257 e. The number of carbonyl (C=O) groups excluding carboxylic acids is 2. The van der Waals surface area contributed by atoms with Crippen molar-refractivity contribution in [1.82, 2.24) is 4.90 Å². The fourth-order valence-electron chi connectivity index (χ4n) is 6.70. The highest BCUT2D eigenvalue weighted by Gasteiger charge is 2.36. The van der Waals surface area contributed by atoms with Crippen molar-refractivity contribution in [3.8, 4) is 17.2 Å². The van der Waals surface area contributed by atoms with Crippen molar-refractivity contribution in [1.29, 1.82) is 0 Å². The first-order valence-electron chi connectivity index (χ1n) is 15.0. The molecule has 1 unspecified atom stereocenters. The molecule has 4 aromatic rings. The van der Waals surface area contributed by atoms with Crippen LogP contribution in [-0.2, 0) is 17.8 Å². The average molecular weight is 625 g/mol. The van der Waals surface area contributed by atoms with E-state index in [1.807, 2.05) is 47.5 Å². The Kier molecular flexibility index (Phi) is 7.59. The van der Waals surface area contributed by atoms with E-state index in [1.54, 1.807) is 23.1 Å². The van der Waals surface area contributed by atoms with Crippen LogP contribution in [0.1, 0.15) is 39.4 Å². The summed E-state index contributed by atoms with van der Waals surface area (Å²) in [7, 11) is 1.51. The molecule has 9 nitrogen and oxygen atoms in total. The van der Waals surface area contributed by atoms with Gasteiger partial charge in [-0.3, -0.25) is 14.6 Å². The van der Waals surface area contributed by atoms with Gasteiger partial charge in [0.05, 0.1) is 30.1 Å². The lowest BCUT2D eigenvalue weighted by molar-refractivity contribution is -0.119. The number of hydrogen-bond donors (Lipinski definition) is 2. The first-order valence-corrected chi connectivity index (χ1v) is 15.5. The van der Waals surface area contributed by atoms with E-state index in [0.717, 1.165) is 21.9 Å². The van der Waals surface area contributed by atoms with E-state index in [-0.39, 0.29) is 42.6 Å². The number of halogens is 1. The van der Waals surface area contributed by atoms with E-state index in [9.17, 15) is 14.7 Å². The molecule has 0 saturated heterocycles. The number of nitrogens with zero attached hydrogens (tertiary/aromatic N) is 3. The van der Waals surface area contributed by atoms with Crippen LogP contribution in [0.3, 0.4) is 0 Å². The molecule has 0 fully saturated rings. The van der Waals surface area contributed by atoms with Gasteiger partial charge in [0.25, 0.3) is 5.91 Å². The van der Waals surface area contributed by atoms with E-state index >= 15 is 0 Å². The average Bonchev–Trinajstić information content (AvgIpc) is 3.38. The molecule has 0 saturated carbocycles. The van der Waals surface area contributed by atoms with Crippen LogP contribution in [-0.4, -0.2) is 66.3 Å². The predicted octanol–water partition coefficient (Wildman–Crippen LogP) is 5.30. The normalized spacial score (nSPS) is 19.0. The van der Waals surface area contributed by atoms with Crippen LogP contribution in [0.4, 0.5) is 11.4 Å². The number of ether oxygens (including phenoxy) is 2. The highest BCUT2D eigenvalue weighted by molar-refractivity contribution is 6.19. The quantitative estimate of drug-likeness (QED) is 0.269. The van der Waals surface area contributed by atoms with Crippen LogP contribution in [0.5, 0.6) is 17.2 Å². The first-order chi connectivity index (χ1) is 21.9. The molecule has 0 aliphatic carbocycles. The van der Waals surface area contributed by atoms with Gasteiger partial charge >= 0.3 is 0 Å². The maximum atomic E-state index is 13.7. The number of amides is 2. The molecule has 0 radical (unpaired) electrons. The topological polar surface area (TPSA) is 118 Å². The Morgan fingerprint density at radius 2 is 1.84 bits per heavy atom. The summed E-state index contributed by atoms with van der Waals surface area (Å²) in [4.78, 5) is 35.4. The van der Waals surface area contributed by atoms with Crippen LogP contribution in [0.25, 0.3) is 10.8 Å². The molecule has 0 aromatic heterocycles. The van der Waals surface area contributed by atoms with Crippen LogP contribution in [0.15, 0.2) is 71.7 Å². The third-order valence-corrected chi connectivity index (χ3v) is 9.34. The largest absolute Gasteiger partial charge is 0.507 e. The summed E-state index contributed by atoms with van der Waals surface area (Å²) >= 11 is 6.33. The molecule has 3 N–H and O–H groups in total. The molecule has 3 atom stereocenters. The van der Waals surface area contributed by atoms with Crippen molar-refractivity contribution >= 4 is 51.8 Å². The van der Waals surface area contributed by atoms with Crippen molar-refractivity contribution in [2.24, 2.45) is 10.7 Å². The Balaban J connectivity index is 1.07. The van der Waals surface area contributed by atoms with Gasteiger partial charge < -0.3 is 30.1 Å². The number of hydrogen-bond acceptors (Lipinski definition) is 7. The summed E-state index contributed by atoms with van der Waals surface area (Å²) in [6.45, 7) is 0.954. The molecular weight excluding hydrogens is 592 g/mol. The number of aliphatic imine (C=N–C) groups is 1. The number of fused-ring (bicyclic) bond motifs is 6. The lowest BCUT2D eigenvalue weighted by atomic mass is 9.94. The molecule has 7 rings (SSSR count). The minimum atomic E-state index is -0.633. The van der Waals surface area contributed by atoms with E-state index < -0.39 is 6.04 Å². The third-order valence-electron chi connectivity index (χ3n) is 8.97. The van der Waals surface area contributed by atoms with Crippen LogP contribution in [0.2, 0.25) is 0 Å². The number of anilines is 1. The molecule has 4 aromatic carbocycles. The molecule has 2 amide bonds. The lowest BCUT2D eigenvalue weighted by Gasteiger charge is -2.34. The summed E-state index contributed by atoms with van der Waals surface area (Å²) < 4.78 is 11.7. The highest BCUT2D eigenvalue weighted by atomic mass is 35.5. The molecular formula is C35H33ClN4O5. The summed E-state index contributed by atoms with van der Waals surface area (Å²) in [6.07, 6.45) is 2.54. The van der Waals surface area contributed by atoms with Gasteiger partial charge in [-0.15, -0.1) is 11.6 Å². The van der Waals surface area contributed by atoms with E-state index in [4.69, 9.17) is 26.8 Å². The smallest absolute Gasteiger partial charge is 0.257 e. The predicted molar refractivity (Wildman–Crippen MR) is 174 cm³/mol. The van der Waals surface area contributed by atoms with E-state index in [1.165, 1.54) is 12.7 Å². The summed E-state index contributed by atoms with van der Waals surface area (Å²) in [5.74, 6) is 0.859. The summed E-state index contributed by atoms with van der Waals surface area (Å²) in [5.41, 5.74) is 11.3. The van der Waals surface area contributed by atoms with Gasteiger partial charge in [-0.1, -0.05) is 48.5 Å². The summed E-state index contributed by atoms with van der Waals surface area (Å²) in [5, 5.41) is 12.3. The first kappa shape index (κ1) is 29.1. The van der Waals surface area contributed by atoms with Crippen molar-refractivity contribution < 1.29 is 24.2 Å². The monoisotopic (exact) mass is 624 g/mol. The number of rotatable bonds is 7. The van der Waals surface area contributed by atoms with Crippen LogP contribution < -0.4 is 20.1 Å². The number of carbonyl (C=O) groups is 2. The number of phenolic OH excluding ortho intramolecular Hbond substituents is 1. The fraction of sp³-hybridized carbons (Fsp3) is 0.286. The van der Waals surface area contributed by atoms with Gasteiger partial charge in [0.15, 0.2) is 11.5 Å². The van der Waals surface area contributed by atoms with Gasteiger partial charge in [0, 0.05) is 61.1 Å². The second-order valence-electron chi connectivity index (χ2n) is 11.8. The van der Waals surface area contributed by atoms with E-state index in [0.29, 0.717) is 53.8 Å². The standard InChI is InChI=1S/C35H33ClN4O5/c1-44-31-12-27-28(38-16-24-10-20-6-2-3-7-21(20)17-39(24)35(27)43)13-32(31)45-19-23(37)11-33(42)40-18-22(15-36)34-26-9-5-4-8-25(26)30(41)14-29(34)40/h2-9,12-14,16,22-24,41H,10-11,15,17-19,37H2,1H3/t22-,23?,24+/m1/s1. The van der Waals surface area contributed by atoms with E-state index in [2.05, 4.69) is 17.1 Å². The lowest BCUT2D eigenvalue weighted by Crippen LogP contribution is -2.44. The summed E-state index contributed by atoms with van der Waals surface area (Å²) in [6, 6.07) is 19.9. The Morgan fingerprint density at radius 1 is 1.09 bits per heavy atom. The van der Waals surface area contributed by atoms with Crippen molar-refractivity contribution in [2.45, 2.75) is 37.4 Å². The second-order valence-corrected chi connectivity index (χ2v) is 12.1. The zero-order chi connectivity index (χ0) is 31.2. The molecule has 230 valence electrons. The minimum absolute atomic E-state index is 0.0170. The minimum Gasteiger partial charge on any atom is -0.507 e. The Hall–Kier alpha value is -4.60. The molecule has 45 heavy (non-hydrogen) atoms. The third kappa shape index (κ3) is 5.15. The van der Waals surface area contributed by atoms with Crippen molar-refractivity contribution in [3.05, 3.63) is 89.0 Å². The molecule has 3 aliphatic heterocycles. The zero-order valence-electron chi connectivity index (χ0n) is 24.8. The molecule has 3 aliphatic rings. The van der Waals surface area contributed by atoms with Crippen molar-refractivity contribution in [3.63, 3.8) is 0 Å². The van der Waals surface area contributed by atoms with Gasteiger partial charge in [0.1, 0.15) is 12.4 Å². The molecule has 10 heteroatoms. The second kappa shape index (κ2) is 11.7. The fourth-order valence-corrected chi connectivity index (χ4v) is 6.95. The van der Waals surface area contributed by atoms with Gasteiger partial charge in [0.2, 0.25) is 5.91 Å². The molecule has 3 heterocycles. The zero-order valence-corrected chi connectivity index (χ0v) is 25.5. The van der Waals surface area contributed by atoms with Gasteiger partial charge in [-0.05, 0) is 34.6 Å². The van der Waals surface area contributed by atoms with Crippen LogP contribution in [0, 0.1) is 0 Å². The molecule has 0 spiro atoms. The number of aromatic hydroxyl groups is 1. The number of benzene rings is 4. The Morgan fingerprint density at radius 3 is 2.62 bits per heavy atom. The Labute approximate surface area is 265 Å². The van der Waals surface area contributed by atoms with Crippen molar-refractivity contribution in [2.75, 3.05) is 31.0 Å². The number of methoxy groups -OCH3 is 1. The highest BCUT2D eigenvalue weighted by Crippen LogP contribution is 2.45. The number of nitrogens with two attached hydrogens (primary N) is 1. The Bertz CT molecular complexity index is 1860. The number of alkyl halides is 1. The number of phenols is 1. The van der Waals surface area contributed by atoms with Crippen LogP contribution >= 0.6 is 11.6 Å². The molecule has 0 bridgehead atoms.